The number of rotatable bonds is 6. The fourth-order valence-electron chi connectivity index (χ4n) is 2.57. The molecule has 1 aromatic carbocycles. The molecular weight excluding hydrogens is 375 g/mol. The first-order valence-corrected chi connectivity index (χ1v) is 9.13. The van der Waals surface area contributed by atoms with Gasteiger partial charge in [-0.2, -0.15) is 4.68 Å². The number of carbonyl (C=O) groups is 2. The number of aromatic nitrogens is 4. The van der Waals surface area contributed by atoms with Gasteiger partial charge in [0, 0.05) is 11.4 Å². The Bertz CT molecular complexity index is 900. The lowest BCUT2D eigenvalue weighted by Gasteiger charge is -2.26. The summed E-state index contributed by atoms with van der Waals surface area (Å²) in [5.41, 5.74) is 1.22. The molecule has 0 radical (unpaired) electrons. The maximum atomic E-state index is 13.5. The highest BCUT2D eigenvalue weighted by atomic mass is 32.2. The van der Waals surface area contributed by atoms with Gasteiger partial charge in [0.2, 0.25) is 5.16 Å². The van der Waals surface area contributed by atoms with Crippen LogP contribution in [0, 0.1) is 5.82 Å². The number of tetrazole rings is 1. The molecule has 0 bridgehead atoms. The smallest absolute Gasteiger partial charge is 0.337 e. The molecule has 1 aliphatic rings. The molecule has 0 saturated heterocycles. The van der Waals surface area contributed by atoms with Crippen LogP contribution in [0.2, 0.25) is 0 Å². The Kier molecular flexibility index (Phi) is 5.69. The fourth-order valence-corrected chi connectivity index (χ4v) is 3.43. The van der Waals surface area contributed by atoms with Crippen LogP contribution in [0.4, 0.5) is 9.18 Å². The first-order valence-electron chi connectivity index (χ1n) is 8.14. The number of nitrogens with one attached hydrogen (secondary N) is 2. The predicted molar refractivity (Wildman–Crippen MR) is 94.6 cm³/mol. The zero-order valence-electron chi connectivity index (χ0n) is 14.6. The number of esters is 1. The number of thioether (sulfide) groups is 1. The number of benzene rings is 1. The van der Waals surface area contributed by atoms with Crippen LogP contribution in [0.3, 0.4) is 0 Å². The van der Waals surface area contributed by atoms with E-state index < -0.39 is 23.9 Å². The SMILES string of the molecule is CCOC(=O)C1=C(CSc2nnnn2-c2cccc(F)c2)NC(=O)N[C@@H]1C. The highest BCUT2D eigenvalue weighted by Gasteiger charge is 2.30. The highest BCUT2D eigenvalue weighted by molar-refractivity contribution is 7.99. The van der Waals surface area contributed by atoms with E-state index in [2.05, 4.69) is 26.2 Å². The van der Waals surface area contributed by atoms with Gasteiger partial charge in [0.15, 0.2) is 0 Å². The van der Waals surface area contributed by atoms with Gasteiger partial charge in [0.05, 0.1) is 23.9 Å². The molecule has 2 amide bonds. The summed E-state index contributed by atoms with van der Waals surface area (Å²) in [6.45, 7) is 3.63. The summed E-state index contributed by atoms with van der Waals surface area (Å²) in [6, 6.07) is 4.95. The predicted octanol–water partition coefficient (Wildman–Crippen LogP) is 1.41. The Balaban J connectivity index is 1.84. The molecule has 2 N–H and O–H groups in total. The third-order valence-electron chi connectivity index (χ3n) is 3.70. The molecule has 142 valence electrons. The Labute approximate surface area is 158 Å². The second-order valence-electron chi connectivity index (χ2n) is 5.57. The van der Waals surface area contributed by atoms with Crippen LogP contribution < -0.4 is 10.6 Å². The highest BCUT2D eigenvalue weighted by Crippen LogP contribution is 2.24. The van der Waals surface area contributed by atoms with Crippen molar-refractivity contribution in [3.8, 4) is 5.69 Å². The lowest BCUT2D eigenvalue weighted by Crippen LogP contribution is -2.49. The van der Waals surface area contributed by atoms with Crippen molar-refractivity contribution >= 4 is 23.8 Å². The normalized spacial score (nSPS) is 16.7. The van der Waals surface area contributed by atoms with Crippen molar-refractivity contribution in [2.24, 2.45) is 0 Å². The Morgan fingerprint density at radius 1 is 1.44 bits per heavy atom. The van der Waals surface area contributed by atoms with Crippen LogP contribution in [0.25, 0.3) is 5.69 Å². The number of nitrogens with zero attached hydrogens (tertiary/aromatic N) is 4. The van der Waals surface area contributed by atoms with E-state index in [0.717, 1.165) is 0 Å². The molecule has 1 atom stereocenters. The van der Waals surface area contributed by atoms with Gasteiger partial charge in [0.1, 0.15) is 5.82 Å². The van der Waals surface area contributed by atoms with E-state index in [0.29, 0.717) is 22.1 Å². The fraction of sp³-hybridized carbons (Fsp3) is 0.312. The van der Waals surface area contributed by atoms with Crippen LogP contribution in [-0.2, 0) is 9.53 Å². The first-order chi connectivity index (χ1) is 13.0. The van der Waals surface area contributed by atoms with Crippen molar-refractivity contribution in [1.82, 2.24) is 30.8 Å². The van der Waals surface area contributed by atoms with Gasteiger partial charge in [-0.05, 0) is 42.5 Å². The molecule has 0 unspecified atom stereocenters. The first kappa shape index (κ1) is 18.8. The van der Waals surface area contributed by atoms with Crippen molar-refractivity contribution in [2.45, 2.75) is 25.0 Å². The molecule has 0 spiro atoms. The summed E-state index contributed by atoms with van der Waals surface area (Å²) in [6.07, 6.45) is 0. The van der Waals surface area contributed by atoms with E-state index >= 15 is 0 Å². The van der Waals surface area contributed by atoms with Gasteiger partial charge in [0.25, 0.3) is 0 Å². The van der Waals surface area contributed by atoms with E-state index in [1.807, 2.05) is 0 Å². The summed E-state index contributed by atoms with van der Waals surface area (Å²) in [5, 5.41) is 17.1. The lowest BCUT2D eigenvalue weighted by atomic mass is 10.1. The van der Waals surface area contributed by atoms with Crippen molar-refractivity contribution in [3.63, 3.8) is 0 Å². The topological polar surface area (TPSA) is 111 Å². The van der Waals surface area contributed by atoms with E-state index in [4.69, 9.17) is 4.74 Å². The molecule has 0 aliphatic carbocycles. The Hall–Kier alpha value is -2.95. The molecule has 9 nitrogen and oxygen atoms in total. The van der Waals surface area contributed by atoms with Gasteiger partial charge in [-0.25, -0.2) is 14.0 Å². The quantitative estimate of drug-likeness (QED) is 0.565. The van der Waals surface area contributed by atoms with Crippen LogP contribution in [0.15, 0.2) is 40.7 Å². The molecule has 0 saturated carbocycles. The summed E-state index contributed by atoms with van der Waals surface area (Å²) in [4.78, 5) is 24.0. The molecular formula is C16H17FN6O3S. The monoisotopic (exact) mass is 392 g/mol. The molecule has 2 aromatic rings. The van der Waals surface area contributed by atoms with Crippen LogP contribution in [0.5, 0.6) is 0 Å². The van der Waals surface area contributed by atoms with E-state index in [9.17, 15) is 14.0 Å². The number of halogens is 1. The molecule has 11 heteroatoms. The molecule has 3 rings (SSSR count). The second kappa shape index (κ2) is 8.16. The molecule has 1 aromatic heterocycles. The van der Waals surface area contributed by atoms with Crippen molar-refractivity contribution < 1.29 is 18.7 Å². The summed E-state index contributed by atoms with van der Waals surface area (Å²) in [5.74, 6) is -0.690. The van der Waals surface area contributed by atoms with Crippen LogP contribution >= 0.6 is 11.8 Å². The zero-order valence-corrected chi connectivity index (χ0v) is 15.4. The molecule has 27 heavy (non-hydrogen) atoms. The van der Waals surface area contributed by atoms with Crippen molar-refractivity contribution in [1.29, 1.82) is 0 Å². The average molecular weight is 392 g/mol. The van der Waals surface area contributed by atoms with Gasteiger partial charge >= 0.3 is 12.0 Å². The third kappa shape index (κ3) is 4.25. The lowest BCUT2D eigenvalue weighted by molar-refractivity contribution is -0.138. The molecule has 1 aliphatic heterocycles. The zero-order chi connectivity index (χ0) is 19.4. The Morgan fingerprint density at radius 3 is 3.00 bits per heavy atom. The van der Waals surface area contributed by atoms with E-state index in [-0.39, 0.29) is 12.4 Å². The molecule has 0 fully saturated rings. The minimum absolute atomic E-state index is 0.223. The third-order valence-corrected chi connectivity index (χ3v) is 4.65. The molecule has 2 heterocycles. The number of ether oxygens (including phenoxy) is 1. The summed E-state index contributed by atoms with van der Waals surface area (Å²) >= 11 is 1.20. The number of carbonyl (C=O) groups excluding carboxylic acids is 2. The summed E-state index contributed by atoms with van der Waals surface area (Å²) < 4.78 is 19.9. The number of amides is 2. The summed E-state index contributed by atoms with van der Waals surface area (Å²) in [7, 11) is 0. The van der Waals surface area contributed by atoms with Gasteiger partial charge < -0.3 is 15.4 Å². The number of urea groups is 1. The number of hydrogen-bond donors (Lipinski definition) is 2. The van der Waals surface area contributed by atoms with Gasteiger partial charge in [-0.15, -0.1) is 5.10 Å². The van der Waals surface area contributed by atoms with Crippen LogP contribution in [-0.4, -0.2) is 50.6 Å². The maximum Gasteiger partial charge on any atom is 0.337 e. The minimum Gasteiger partial charge on any atom is -0.463 e. The van der Waals surface area contributed by atoms with Crippen molar-refractivity contribution in [2.75, 3.05) is 12.4 Å². The van der Waals surface area contributed by atoms with Crippen molar-refractivity contribution in [3.05, 3.63) is 41.4 Å². The Morgan fingerprint density at radius 2 is 2.26 bits per heavy atom. The average Bonchev–Trinajstić information content (AvgIpc) is 3.08. The van der Waals surface area contributed by atoms with E-state index in [1.165, 1.54) is 28.6 Å². The van der Waals surface area contributed by atoms with Crippen LogP contribution in [0.1, 0.15) is 13.8 Å². The minimum atomic E-state index is -0.502. The largest absolute Gasteiger partial charge is 0.463 e. The van der Waals surface area contributed by atoms with Gasteiger partial charge in [-0.3, -0.25) is 0 Å². The second-order valence-corrected chi connectivity index (χ2v) is 6.52. The van der Waals surface area contributed by atoms with Gasteiger partial charge in [-0.1, -0.05) is 17.8 Å². The maximum absolute atomic E-state index is 13.5. The van der Waals surface area contributed by atoms with E-state index in [1.54, 1.807) is 26.0 Å². The number of hydrogen-bond acceptors (Lipinski definition) is 7. The standard InChI is InChI=1S/C16H17FN6O3S/c1-3-26-14(24)13-9(2)18-15(25)19-12(13)8-27-16-20-21-22-23(16)11-6-4-5-10(17)7-11/h4-7,9H,3,8H2,1-2H3,(H2,18,19,25)/t9-/m1/s1.